The van der Waals surface area contributed by atoms with E-state index in [1.165, 1.54) is 32.1 Å². The standard InChI is InChI=1S/C13H19NO/c1-2-11-8-9-13(10-14-11)15-12-6-4-3-5-7-12/h8-10,12H,2-7H2,1H3. The zero-order chi connectivity index (χ0) is 10.5. The highest BCUT2D eigenvalue weighted by Gasteiger charge is 2.14. The number of aromatic nitrogens is 1. The molecule has 2 heteroatoms. The van der Waals surface area contributed by atoms with Gasteiger partial charge < -0.3 is 4.74 Å². The quantitative estimate of drug-likeness (QED) is 0.755. The number of ether oxygens (including phenoxy) is 1. The Morgan fingerprint density at radius 1 is 1.27 bits per heavy atom. The molecule has 1 heterocycles. The minimum absolute atomic E-state index is 0.424. The van der Waals surface area contributed by atoms with E-state index in [0.717, 1.165) is 17.9 Å². The van der Waals surface area contributed by atoms with Crippen LogP contribution in [0.25, 0.3) is 0 Å². The second kappa shape index (κ2) is 5.15. The van der Waals surface area contributed by atoms with Crippen molar-refractivity contribution in [1.82, 2.24) is 4.98 Å². The van der Waals surface area contributed by atoms with Gasteiger partial charge in [-0.3, -0.25) is 4.98 Å². The molecule has 82 valence electrons. The number of hydrogen-bond donors (Lipinski definition) is 0. The van der Waals surface area contributed by atoms with Gasteiger partial charge in [0.25, 0.3) is 0 Å². The Labute approximate surface area is 91.7 Å². The summed E-state index contributed by atoms with van der Waals surface area (Å²) in [4.78, 5) is 4.34. The lowest BCUT2D eigenvalue weighted by atomic mass is 9.98. The highest BCUT2D eigenvalue weighted by Crippen LogP contribution is 2.22. The zero-order valence-electron chi connectivity index (χ0n) is 9.41. The number of hydrogen-bond acceptors (Lipinski definition) is 2. The van der Waals surface area contributed by atoms with Gasteiger partial charge in [-0.05, 0) is 44.2 Å². The molecule has 1 aliphatic rings. The van der Waals surface area contributed by atoms with Gasteiger partial charge in [-0.15, -0.1) is 0 Å². The number of rotatable bonds is 3. The van der Waals surface area contributed by atoms with Gasteiger partial charge in [0, 0.05) is 5.69 Å². The molecule has 0 bridgehead atoms. The van der Waals surface area contributed by atoms with E-state index in [-0.39, 0.29) is 0 Å². The first-order valence-corrected chi connectivity index (χ1v) is 6.00. The van der Waals surface area contributed by atoms with Gasteiger partial charge in [-0.2, -0.15) is 0 Å². The lowest BCUT2D eigenvalue weighted by molar-refractivity contribution is 0.154. The van der Waals surface area contributed by atoms with E-state index in [2.05, 4.69) is 18.0 Å². The van der Waals surface area contributed by atoms with Crippen molar-refractivity contribution in [3.8, 4) is 5.75 Å². The topological polar surface area (TPSA) is 22.1 Å². The van der Waals surface area contributed by atoms with E-state index in [4.69, 9.17) is 4.74 Å². The average molecular weight is 205 g/mol. The smallest absolute Gasteiger partial charge is 0.138 e. The number of aryl methyl sites for hydroxylation is 1. The van der Waals surface area contributed by atoms with Crippen LogP contribution in [0.1, 0.15) is 44.7 Å². The highest BCUT2D eigenvalue weighted by molar-refractivity contribution is 5.20. The summed E-state index contributed by atoms with van der Waals surface area (Å²) >= 11 is 0. The fraction of sp³-hybridized carbons (Fsp3) is 0.615. The second-order valence-electron chi connectivity index (χ2n) is 4.22. The number of pyridine rings is 1. The summed E-state index contributed by atoms with van der Waals surface area (Å²) in [5, 5.41) is 0. The molecule has 0 N–H and O–H groups in total. The Hall–Kier alpha value is -1.05. The van der Waals surface area contributed by atoms with Crippen LogP contribution in [-0.4, -0.2) is 11.1 Å². The number of nitrogens with zero attached hydrogens (tertiary/aromatic N) is 1. The molecule has 2 nitrogen and oxygen atoms in total. The van der Waals surface area contributed by atoms with Crippen LogP contribution in [0.3, 0.4) is 0 Å². The molecule has 1 aliphatic carbocycles. The summed E-state index contributed by atoms with van der Waals surface area (Å²) in [6.07, 6.45) is 9.67. The minimum atomic E-state index is 0.424. The molecule has 1 fully saturated rings. The van der Waals surface area contributed by atoms with Crippen LogP contribution in [-0.2, 0) is 6.42 Å². The Kier molecular flexibility index (Phi) is 3.59. The van der Waals surface area contributed by atoms with Crippen molar-refractivity contribution in [3.63, 3.8) is 0 Å². The van der Waals surface area contributed by atoms with Gasteiger partial charge in [0.15, 0.2) is 0 Å². The molecular weight excluding hydrogens is 186 g/mol. The summed E-state index contributed by atoms with van der Waals surface area (Å²) in [7, 11) is 0. The van der Waals surface area contributed by atoms with Gasteiger partial charge in [0.05, 0.1) is 12.3 Å². The molecule has 0 unspecified atom stereocenters. The molecule has 1 aromatic heterocycles. The molecule has 2 rings (SSSR count). The largest absolute Gasteiger partial charge is 0.489 e. The van der Waals surface area contributed by atoms with Crippen molar-refractivity contribution in [2.24, 2.45) is 0 Å². The Morgan fingerprint density at radius 2 is 2.07 bits per heavy atom. The SMILES string of the molecule is CCc1ccc(OC2CCCCC2)cn1. The average Bonchev–Trinajstić information content (AvgIpc) is 2.31. The monoisotopic (exact) mass is 205 g/mol. The molecule has 0 amide bonds. The van der Waals surface area contributed by atoms with Gasteiger partial charge in [0.1, 0.15) is 5.75 Å². The van der Waals surface area contributed by atoms with Crippen molar-refractivity contribution >= 4 is 0 Å². The van der Waals surface area contributed by atoms with Crippen LogP contribution in [0.5, 0.6) is 5.75 Å². The third kappa shape index (κ3) is 2.95. The lowest BCUT2D eigenvalue weighted by Crippen LogP contribution is -2.19. The summed E-state index contributed by atoms with van der Waals surface area (Å²) in [5.41, 5.74) is 1.13. The minimum Gasteiger partial charge on any atom is -0.489 e. The van der Waals surface area contributed by atoms with Crippen LogP contribution < -0.4 is 4.74 Å². The predicted molar refractivity (Wildman–Crippen MR) is 61.1 cm³/mol. The third-order valence-corrected chi connectivity index (χ3v) is 3.01. The maximum Gasteiger partial charge on any atom is 0.138 e. The summed E-state index contributed by atoms with van der Waals surface area (Å²) < 4.78 is 5.89. The third-order valence-electron chi connectivity index (χ3n) is 3.01. The van der Waals surface area contributed by atoms with E-state index < -0.39 is 0 Å². The van der Waals surface area contributed by atoms with E-state index in [0.29, 0.717) is 6.10 Å². The van der Waals surface area contributed by atoms with Crippen LogP contribution in [0, 0.1) is 0 Å². The van der Waals surface area contributed by atoms with E-state index >= 15 is 0 Å². The van der Waals surface area contributed by atoms with E-state index in [9.17, 15) is 0 Å². The fourth-order valence-corrected chi connectivity index (χ4v) is 2.07. The molecule has 0 aliphatic heterocycles. The molecule has 0 atom stereocenters. The van der Waals surface area contributed by atoms with Crippen LogP contribution in [0.2, 0.25) is 0 Å². The maximum absolute atomic E-state index is 5.89. The normalized spacial score (nSPS) is 17.7. The van der Waals surface area contributed by atoms with Crippen molar-refractivity contribution in [3.05, 3.63) is 24.0 Å². The van der Waals surface area contributed by atoms with Crippen molar-refractivity contribution < 1.29 is 4.74 Å². The Bertz CT molecular complexity index is 288. The summed E-state index contributed by atoms with van der Waals surface area (Å²) in [6.45, 7) is 2.12. The molecule has 0 aromatic carbocycles. The molecule has 15 heavy (non-hydrogen) atoms. The first-order valence-electron chi connectivity index (χ1n) is 6.00. The van der Waals surface area contributed by atoms with E-state index in [1.807, 2.05) is 12.3 Å². The molecular formula is C13H19NO. The Balaban J connectivity index is 1.91. The maximum atomic E-state index is 5.89. The van der Waals surface area contributed by atoms with Crippen molar-refractivity contribution in [2.45, 2.75) is 51.6 Å². The molecule has 0 spiro atoms. The molecule has 0 saturated heterocycles. The first kappa shape index (κ1) is 10.5. The molecule has 0 radical (unpaired) electrons. The highest BCUT2D eigenvalue weighted by atomic mass is 16.5. The summed E-state index contributed by atoms with van der Waals surface area (Å²) in [5.74, 6) is 0.930. The van der Waals surface area contributed by atoms with Gasteiger partial charge >= 0.3 is 0 Å². The van der Waals surface area contributed by atoms with Crippen molar-refractivity contribution in [1.29, 1.82) is 0 Å². The van der Waals surface area contributed by atoms with Crippen LogP contribution in [0.15, 0.2) is 18.3 Å². The molecule has 1 aromatic rings. The lowest BCUT2D eigenvalue weighted by Gasteiger charge is -2.22. The predicted octanol–water partition coefficient (Wildman–Crippen LogP) is 3.36. The van der Waals surface area contributed by atoms with Gasteiger partial charge in [-0.1, -0.05) is 13.3 Å². The van der Waals surface area contributed by atoms with E-state index in [1.54, 1.807) is 0 Å². The second-order valence-corrected chi connectivity index (χ2v) is 4.22. The van der Waals surface area contributed by atoms with Crippen LogP contribution >= 0.6 is 0 Å². The fourth-order valence-electron chi connectivity index (χ4n) is 2.07. The van der Waals surface area contributed by atoms with Crippen LogP contribution in [0.4, 0.5) is 0 Å². The van der Waals surface area contributed by atoms with Gasteiger partial charge in [0.2, 0.25) is 0 Å². The van der Waals surface area contributed by atoms with Crippen molar-refractivity contribution in [2.75, 3.05) is 0 Å². The summed E-state index contributed by atoms with van der Waals surface area (Å²) in [6, 6.07) is 4.10. The zero-order valence-corrected chi connectivity index (χ0v) is 9.41. The van der Waals surface area contributed by atoms with Gasteiger partial charge in [-0.25, -0.2) is 0 Å². The molecule has 1 saturated carbocycles. The first-order chi connectivity index (χ1) is 7.38. The Morgan fingerprint density at radius 3 is 2.67 bits per heavy atom.